The summed E-state index contributed by atoms with van der Waals surface area (Å²) in [7, 11) is 0. The standard InChI is InChI=1S/C29H25N2.C13H24O2.Ir/c1-19-30-28(24-12-7-11-23(18-24)20-8-3-2-4-9-20)26-17-16-22-15-14-21-10-5-6-13-25(21)27(22)29(26)31-19;1-7-13(6,8-2)11(15)9-10(14)12(3,4)5;/h5-7,10-11,13-18,20H,2-4,8-9H2,1H3;9,15H,7-8H2,1-6H3;/q-1;;/b;11-9-;. The molecule has 249 valence electrons. The Bertz CT molecular complexity index is 1890. The second-order valence-corrected chi connectivity index (χ2v) is 14.2. The second-order valence-electron chi connectivity index (χ2n) is 14.2. The van der Waals surface area contributed by atoms with E-state index >= 15 is 0 Å². The van der Waals surface area contributed by atoms with E-state index in [1.165, 1.54) is 65.3 Å². The number of carbonyl (C=O) groups excluding carboxylic acids is 1. The van der Waals surface area contributed by atoms with Gasteiger partial charge in [0.05, 0.1) is 5.52 Å². The molecular weight excluding hydrogens is 757 g/mol. The predicted octanol–water partition coefficient (Wildman–Crippen LogP) is 11.6. The van der Waals surface area contributed by atoms with Crippen LogP contribution in [0.3, 0.4) is 0 Å². The number of aryl methyl sites for hydroxylation is 1. The van der Waals surface area contributed by atoms with Gasteiger partial charge in [-0.1, -0.05) is 109 Å². The van der Waals surface area contributed by atoms with E-state index in [2.05, 4.69) is 72.8 Å². The first-order valence-electron chi connectivity index (χ1n) is 17.0. The van der Waals surface area contributed by atoms with Gasteiger partial charge >= 0.3 is 0 Å². The van der Waals surface area contributed by atoms with Gasteiger partial charge in [-0.25, -0.2) is 4.98 Å². The maximum atomic E-state index is 11.7. The summed E-state index contributed by atoms with van der Waals surface area (Å²) in [5, 5.41) is 16.0. The van der Waals surface area contributed by atoms with Crippen LogP contribution in [0.4, 0.5) is 0 Å². The molecule has 47 heavy (non-hydrogen) atoms. The average molecular weight is 806 g/mol. The number of hydrogen-bond acceptors (Lipinski definition) is 4. The molecule has 1 aliphatic rings. The van der Waals surface area contributed by atoms with E-state index < -0.39 is 5.41 Å². The summed E-state index contributed by atoms with van der Waals surface area (Å²) in [6, 6.07) is 27.5. The number of rotatable bonds is 6. The van der Waals surface area contributed by atoms with Gasteiger partial charge in [-0.15, -0.1) is 35.4 Å². The minimum Gasteiger partial charge on any atom is -0.512 e. The van der Waals surface area contributed by atoms with Gasteiger partial charge in [0.15, 0.2) is 5.78 Å². The number of hydrogen-bond donors (Lipinski definition) is 1. The van der Waals surface area contributed by atoms with E-state index in [0.717, 1.165) is 40.8 Å². The molecule has 4 nitrogen and oxygen atoms in total. The van der Waals surface area contributed by atoms with Gasteiger partial charge in [0.2, 0.25) is 0 Å². The summed E-state index contributed by atoms with van der Waals surface area (Å²) in [4.78, 5) is 21.5. The Morgan fingerprint density at radius 1 is 0.894 bits per heavy atom. The molecule has 0 amide bonds. The SMILES string of the molecule is CCC(C)(CC)/C(O)=C/C(=O)C(C)(C)C.Cc1nc(-c2[c-]ccc(C3CCCCC3)c2)c2ccc3ccc4ccccc4c3c2n1.[Ir]. The summed E-state index contributed by atoms with van der Waals surface area (Å²) in [6.07, 6.45) is 9.71. The van der Waals surface area contributed by atoms with Gasteiger partial charge < -0.3 is 5.11 Å². The quantitative estimate of drug-likeness (QED) is 0.0803. The topological polar surface area (TPSA) is 63.1 Å². The van der Waals surface area contributed by atoms with Gasteiger partial charge in [0.1, 0.15) is 11.6 Å². The minimum atomic E-state index is -0.420. The van der Waals surface area contributed by atoms with Gasteiger partial charge in [0.25, 0.3) is 0 Å². The van der Waals surface area contributed by atoms with Crippen molar-refractivity contribution in [1.29, 1.82) is 0 Å². The molecule has 1 aliphatic carbocycles. The summed E-state index contributed by atoms with van der Waals surface area (Å²) in [6.45, 7) is 13.6. The van der Waals surface area contributed by atoms with Gasteiger partial charge in [-0.2, -0.15) is 0 Å². The normalized spacial score (nSPS) is 14.5. The Hall–Kier alpha value is -3.40. The molecule has 0 atom stereocenters. The molecule has 6 rings (SSSR count). The molecule has 1 saturated carbocycles. The van der Waals surface area contributed by atoms with Crippen LogP contribution >= 0.6 is 0 Å². The first kappa shape index (κ1) is 36.4. The van der Waals surface area contributed by atoms with Crippen LogP contribution in [0.1, 0.15) is 104 Å². The molecule has 1 fully saturated rings. The monoisotopic (exact) mass is 806 g/mol. The van der Waals surface area contributed by atoms with Crippen molar-refractivity contribution in [3.05, 3.63) is 96.0 Å². The Labute approximate surface area is 294 Å². The van der Waals surface area contributed by atoms with E-state index in [9.17, 15) is 9.90 Å². The number of nitrogens with zero attached hydrogens (tertiary/aromatic N) is 2. The van der Waals surface area contributed by atoms with Crippen molar-refractivity contribution in [1.82, 2.24) is 9.97 Å². The zero-order valence-electron chi connectivity index (χ0n) is 29.0. The molecule has 0 unspecified atom stereocenters. The van der Waals surface area contributed by atoms with Gasteiger partial charge in [0, 0.05) is 42.4 Å². The molecule has 1 N–H and O–H groups in total. The molecule has 0 saturated heterocycles. The summed E-state index contributed by atoms with van der Waals surface area (Å²) in [5.41, 5.74) is 3.86. The molecule has 0 bridgehead atoms. The summed E-state index contributed by atoms with van der Waals surface area (Å²) >= 11 is 0. The fraction of sp³-hybridized carbons (Fsp3) is 0.405. The second kappa shape index (κ2) is 15.2. The maximum absolute atomic E-state index is 11.7. The molecule has 5 heteroatoms. The van der Waals surface area contributed by atoms with Crippen molar-refractivity contribution in [3.8, 4) is 11.3 Å². The number of aliphatic hydroxyl groups is 1. The van der Waals surface area contributed by atoms with E-state index in [1.807, 2.05) is 48.5 Å². The maximum Gasteiger partial charge on any atom is 0.164 e. The van der Waals surface area contributed by atoms with Crippen molar-refractivity contribution < 1.29 is 30.0 Å². The number of ketones is 1. The number of benzene rings is 4. The average Bonchev–Trinajstić information content (AvgIpc) is 3.07. The minimum absolute atomic E-state index is 0. The molecule has 4 aromatic carbocycles. The molecular formula is C42H49IrN2O2-. The number of fused-ring (bicyclic) bond motifs is 5. The fourth-order valence-electron chi connectivity index (χ4n) is 6.44. The molecule has 5 aromatic rings. The Morgan fingerprint density at radius 3 is 2.23 bits per heavy atom. The molecule has 0 aliphatic heterocycles. The zero-order valence-corrected chi connectivity index (χ0v) is 31.4. The number of allylic oxidation sites excluding steroid dienone is 2. The predicted molar refractivity (Wildman–Crippen MR) is 193 cm³/mol. The van der Waals surface area contributed by atoms with E-state index in [0.29, 0.717) is 5.92 Å². The van der Waals surface area contributed by atoms with E-state index in [1.54, 1.807) is 0 Å². The first-order chi connectivity index (χ1) is 21.9. The Balaban J connectivity index is 0.000000269. The summed E-state index contributed by atoms with van der Waals surface area (Å²) in [5.74, 6) is 1.67. The van der Waals surface area contributed by atoms with Crippen LogP contribution in [0.2, 0.25) is 0 Å². The molecule has 1 radical (unpaired) electrons. The van der Waals surface area contributed by atoms with Crippen LogP contribution in [0, 0.1) is 23.8 Å². The van der Waals surface area contributed by atoms with Crippen LogP contribution in [-0.2, 0) is 24.9 Å². The van der Waals surface area contributed by atoms with Crippen molar-refractivity contribution in [2.24, 2.45) is 10.8 Å². The van der Waals surface area contributed by atoms with Crippen LogP contribution < -0.4 is 0 Å². The fourth-order valence-corrected chi connectivity index (χ4v) is 6.44. The first-order valence-corrected chi connectivity index (χ1v) is 17.0. The van der Waals surface area contributed by atoms with Crippen molar-refractivity contribution in [3.63, 3.8) is 0 Å². The number of aromatic nitrogens is 2. The molecule has 0 spiro atoms. The smallest absolute Gasteiger partial charge is 0.164 e. The van der Waals surface area contributed by atoms with Crippen molar-refractivity contribution in [2.45, 2.75) is 99.3 Å². The summed E-state index contributed by atoms with van der Waals surface area (Å²) < 4.78 is 0. The van der Waals surface area contributed by atoms with Crippen LogP contribution in [-0.4, -0.2) is 20.9 Å². The van der Waals surface area contributed by atoms with Crippen LogP contribution in [0.15, 0.2) is 78.6 Å². The third-order valence-electron chi connectivity index (χ3n) is 10.0. The van der Waals surface area contributed by atoms with Crippen LogP contribution in [0.25, 0.3) is 43.7 Å². The van der Waals surface area contributed by atoms with E-state index in [4.69, 9.17) is 9.97 Å². The molecule has 1 aromatic heterocycles. The Morgan fingerprint density at radius 2 is 1.55 bits per heavy atom. The van der Waals surface area contributed by atoms with Gasteiger partial charge in [-0.3, -0.25) is 9.78 Å². The molecule has 1 heterocycles. The third kappa shape index (κ3) is 8.01. The number of aliphatic hydroxyl groups excluding tert-OH is 1. The largest absolute Gasteiger partial charge is 0.512 e. The third-order valence-corrected chi connectivity index (χ3v) is 10.0. The van der Waals surface area contributed by atoms with Crippen molar-refractivity contribution in [2.75, 3.05) is 0 Å². The number of carbonyl (C=O) groups is 1. The van der Waals surface area contributed by atoms with Gasteiger partial charge in [-0.05, 0) is 65.8 Å². The van der Waals surface area contributed by atoms with Crippen molar-refractivity contribution >= 4 is 38.2 Å². The van der Waals surface area contributed by atoms with E-state index in [-0.39, 0.29) is 37.1 Å². The zero-order chi connectivity index (χ0) is 33.1. The Kier molecular flexibility index (Phi) is 11.8. The van der Waals surface area contributed by atoms with Crippen LogP contribution in [0.5, 0.6) is 0 Å².